The lowest BCUT2D eigenvalue weighted by atomic mass is 10.1. The summed E-state index contributed by atoms with van der Waals surface area (Å²) in [5, 5.41) is 9.06. The summed E-state index contributed by atoms with van der Waals surface area (Å²) in [4.78, 5) is 12.5. The Kier molecular flexibility index (Phi) is 5.77. The Balaban J connectivity index is 2.02. The van der Waals surface area contributed by atoms with E-state index >= 15 is 0 Å². The maximum Gasteiger partial charge on any atom is 0.252 e. The van der Waals surface area contributed by atoms with Gasteiger partial charge in [-0.15, -0.1) is 0 Å². The molecule has 7 heteroatoms. The van der Waals surface area contributed by atoms with Crippen LogP contribution in [0, 0.1) is 6.92 Å². The molecule has 0 fully saturated rings. The zero-order chi connectivity index (χ0) is 17.7. The molecule has 0 aliphatic rings. The van der Waals surface area contributed by atoms with Crippen LogP contribution in [0.25, 0.3) is 0 Å². The molecular weight excluding hydrogens is 326 g/mol. The first kappa shape index (κ1) is 18.2. The van der Waals surface area contributed by atoms with Crippen LogP contribution in [0.15, 0.2) is 35.4 Å². The Morgan fingerprint density at radius 1 is 1.29 bits per heavy atom. The molecule has 0 unspecified atom stereocenters. The number of carbonyl (C=O) groups excluding carboxylic acids is 1. The molecule has 0 saturated heterocycles. The van der Waals surface area contributed by atoms with Gasteiger partial charge in [-0.3, -0.25) is 9.89 Å². The minimum Gasteiger partial charge on any atom is -0.352 e. The number of amides is 1. The van der Waals surface area contributed by atoms with Crippen molar-refractivity contribution in [3.05, 3.63) is 47.3 Å². The second-order valence-corrected chi connectivity index (χ2v) is 8.44. The number of benzene rings is 1. The number of rotatable bonds is 7. The molecule has 0 aliphatic carbocycles. The third-order valence-corrected chi connectivity index (χ3v) is 6.11. The third-order valence-electron chi connectivity index (χ3n) is 3.90. The van der Waals surface area contributed by atoms with Gasteiger partial charge in [-0.1, -0.05) is 12.1 Å². The van der Waals surface area contributed by atoms with Gasteiger partial charge in [0, 0.05) is 12.2 Å². The first-order valence-corrected chi connectivity index (χ1v) is 9.48. The molecule has 0 saturated carbocycles. The first-order chi connectivity index (χ1) is 11.3. The average molecular weight is 349 g/mol. The molecule has 1 amide bonds. The number of nitrogens with zero attached hydrogens (tertiary/aromatic N) is 1. The van der Waals surface area contributed by atoms with E-state index < -0.39 is 15.1 Å². The van der Waals surface area contributed by atoms with Gasteiger partial charge in [-0.25, -0.2) is 8.42 Å². The van der Waals surface area contributed by atoms with Gasteiger partial charge >= 0.3 is 0 Å². The molecule has 1 heterocycles. The molecule has 2 N–H and O–H groups in total. The summed E-state index contributed by atoms with van der Waals surface area (Å²) in [7, 11) is -3.50. The van der Waals surface area contributed by atoms with Crippen LogP contribution < -0.4 is 5.32 Å². The van der Waals surface area contributed by atoms with E-state index in [4.69, 9.17) is 0 Å². The van der Waals surface area contributed by atoms with Crippen molar-refractivity contribution in [2.75, 3.05) is 6.54 Å². The van der Waals surface area contributed by atoms with Crippen LogP contribution in [0.4, 0.5) is 0 Å². The zero-order valence-electron chi connectivity index (χ0n) is 14.2. The predicted octanol–water partition coefficient (Wildman–Crippen LogP) is 2.26. The molecule has 0 bridgehead atoms. The maximum atomic E-state index is 12.4. The largest absolute Gasteiger partial charge is 0.352 e. The molecule has 2 aromatic rings. The number of aromatic nitrogens is 2. The van der Waals surface area contributed by atoms with Gasteiger partial charge in [-0.2, -0.15) is 5.10 Å². The average Bonchev–Trinajstić information content (AvgIpc) is 2.96. The fraction of sp³-hybridized carbons (Fsp3) is 0.412. The normalized spacial score (nSPS) is 11.7. The molecule has 1 aromatic heterocycles. The maximum absolute atomic E-state index is 12.4. The van der Waals surface area contributed by atoms with E-state index in [0.29, 0.717) is 6.54 Å². The van der Waals surface area contributed by atoms with Crippen molar-refractivity contribution >= 4 is 15.7 Å². The molecule has 6 nitrogen and oxygen atoms in total. The standard InChI is InChI=1S/C17H23N3O3S/c1-12(2)24(22,23)16-9-5-4-8-15(16)17(21)18-10-6-7-14-11-19-20-13(14)3/h4-5,8-9,11-12H,6-7,10H2,1-3H3,(H,18,21)(H,19,20). The van der Waals surface area contributed by atoms with Gasteiger partial charge in [0.25, 0.3) is 5.91 Å². The molecule has 2 rings (SSSR count). The SMILES string of the molecule is Cc1[nH]ncc1CCCNC(=O)c1ccccc1S(=O)(=O)C(C)C. The number of sulfone groups is 1. The fourth-order valence-electron chi connectivity index (χ4n) is 2.36. The summed E-state index contributed by atoms with van der Waals surface area (Å²) >= 11 is 0. The summed E-state index contributed by atoms with van der Waals surface area (Å²) in [6.07, 6.45) is 3.33. The molecule has 130 valence electrons. The van der Waals surface area contributed by atoms with Crippen LogP contribution in [0.1, 0.15) is 41.9 Å². The van der Waals surface area contributed by atoms with Crippen LogP contribution in [0.5, 0.6) is 0 Å². The van der Waals surface area contributed by atoms with Gasteiger partial charge in [0.2, 0.25) is 0 Å². The van der Waals surface area contributed by atoms with Gasteiger partial charge in [0.1, 0.15) is 0 Å². The summed E-state index contributed by atoms with van der Waals surface area (Å²) in [5.41, 5.74) is 2.34. The van der Waals surface area contributed by atoms with Crippen molar-refractivity contribution in [1.82, 2.24) is 15.5 Å². The second-order valence-electron chi connectivity index (χ2n) is 5.97. The number of nitrogens with one attached hydrogen (secondary N) is 2. The molecular formula is C17H23N3O3S. The Labute approximate surface area is 142 Å². The van der Waals surface area contributed by atoms with Crippen LogP contribution >= 0.6 is 0 Å². The van der Waals surface area contributed by atoms with Gasteiger partial charge in [0.05, 0.1) is 21.9 Å². The highest BCUT2D eigenvalue weighted by Gasteiger charge is 2.24. The van der Waals surface area contributed by atoms with Gasteiger partial charge in [-0.05, 0) is 51.3 Å². The zero-order valence-corrected chi connectivity index (χ0v) is 15.0. The molecule has 0 aliphatic heterocycles. The fourth-order valence-corrected chi connectivity index (χ4v) is 3.60. The minimum absolute atomic E-state index is 0.0863. The van der Waals surface area contributed by atoms with E-state index in [1.165, 1.54) is 6.07 Å². The van der Waals surface area contributed by atoms with E-state index in [9.17, 15) is 13.2 Å². The lowest BCUT2D eigenvalue weighted by Gasteiger charge is -2.13. The number of hydrogen-bond donors (Lipinski definition) is 2. The van der Waals surface area contributed by atoms with E-state index in [2.05, 4.69) is 15.5 Å². The highest BCUT2D eigenvalue weighted by atomic mass is 32.2. The van der Waals surface area contributed by atoms with Gasteiger partial charge < -0.3 is 5.32 Å². The summed E-state index contributed by atoms with van der Waals surface area (Å²) in [6.45, 7) is 5.64. The van der Waals surface area contributed by atoms with Crippen molar-refractivity contribution < 1.29 is 13.2 Å². The van der Waals surface area contributed by atoms with E-state index in [0.717, 1.165) is 24.1 Å². The quantitative estimate of drug-likeness (QED) is 0.750. The number of carbonyl (C=O) groups is 1. The van der Waals surface area contributed by atoms with Crippen molar-refractivity contribution in [1.29, 1.82) is 0 Å². The summed E-state index contributed by atoms with van der Waals surface area (Å²) in [6, 6.07) is 6.33. The van der Waals surface area contributed by atoms with Crippen LogP contribution in [0.3, 0.4) is 0 Å². The highest BCUT2D eigenvalue weighted by molar-refractivity contribution is 7.92. The third kappa shape index (κ3) is 4.03. The predicted molar refractivity (Wildman–Crippen MR) is 92.7 cm³/mol. The molecule has 24 heavy (non-hydrogen) atoms. The Hall–Kier alpha value is -2.15. The Morgan fingerprint density at radius 3 is 2.62 bits per heavy atom. The van der Waals surface area contributed by atoms with Crippen LogP contribution in [0.2, 0.25) is 0 Å². The molecule has 1 aromatic carbocycles. The molecule has 0 radical (unpaired) electrons. The minimum atomic E-state index is -3.50. The lowest BCUT2D eigenvalue weighted by molar-refractivity contribution is 0.0950. The highest BCUT2D eigenvalue weighted by Crippen LogP contribution is 2.20. The number of H-pyrrole nitrogens is 1. The lowest BCUT2D eigenvalue weighted by Crippen LogP contribution is -2.27. The Bertz CT molecular complexity index is 810. The van der Waals surface area contributed by atoms with E-state index in [-0.39, 0.29) is 16.4 Å². The summed E-state index contributed by atoms with van der Waals surface area (Å²) < 4.78 is 24.8. The number of aryl methyl sites for hydroxylation is 2. The van der Waals surface area contributed by atoms with Crippen LogP contribution in [-0.4, -0.2) is 36.3 Å². The van der Waals surface area contributed by atoms with Crippen LogP contribution in [-0.2, 0) is 16.3 Å². The first-order valence-electron chi connectivity index (χ1n) is 7.94. The van der Waals surface area contributed by atoms with Crippen molar-refractivity contribution in [2.24, 2.45) is 0 Å². The van der Waals surface area contributed by atoms with Crippen molar-refractivity contribution in [3.63, 3.8) is 0 Å². The molecule has 0 atom stereocenters. The van der Waals surface area contributed by atoms with E-state index in [1.807, 2.05) is 6.92 Å². The monoisotopic (exact) mass is 349 g/mol. The Morgan fingerprint density at radius 2 is 2.00 bits per heavy atom. The van der Waals surface area contributed by atoms with Crippen molar-refractivity contribution in [2.45, 2.75) is 43.8 Å². The topological polar surface area (TPSA) is 91.9 Å². The van der Waals surface area contributed by atoms with Crippen molar-refractivity contribution in [3.8, 4) is 0 Å². The van der Waals surface area contributed by atoms with Gasteiger partial charge in [0.15, 0.2) is 9.84 Å². The smallest absolute Gasteiger partial charge is 0.252 e. The van der Waals surface area contributed by atoms with E-state index in [1.54, 1.807) is 38.2 Å². The number of aromatic amines is 1. The number of hydrogen-bond acceptors (Lipinski definition) is 4. The molecule has 0 spiro atoms. The summed E-state index contributed by atoms with van der Waals surface area (Å²) in [5.74, 6) is -0.362. The second kappa shape index (κ2) is 7.61.